The summed E-state index contributed by atoms with van der Waals surface area (Å²) < 4.78 is 1.72. The fraction of sp³-hybridized carbons (Fsp3) is 0.333. The fourth-order valence-corrected chi connectivity index (χ4v) is 3.85. The number of carbonyl (C=O) groups is 2. The van der Waals surface area contributed by atoms with E-state index in [0.29, 0.717) is 36.7 Å². The quantitative estimate of drug-likeness (QED) is 0.646. The van der Waals surface area contributed by atoms with Gasteiger partial charge in [-0.3, -0.25) is 14.2 Å². The third-order valence-electron chi connectivity index (χ3n) is 5.60. The molecule has 2 aromatic heterocycles. The number of imidazole rings is 1. The maximum Gasteiger partial charge on any atom is 0.274 e. The Morgan fingerprint density at radius 2 is 1.81 bits per heavy atom. The number of carbonyl (C=O) groups excluding carboxylic acids is 2. The van der Waals surface area contributed by atoms with Gasteiger partial charge < -0.3 is 15.1 Å². The van der Waals surface area contributed by atoms with Gasteiger partial charge in [-0.1, -0.05) is 25.1 Å². The highest BCUT2D eigenvalue weighted by Crippen LogP contribution is 2.21. The van der Waals surface area contributed by atoms with E-state index in [1.54, 1.807) is 35.4 Å². The Morgan fingerprint density at radius 1 is 1.03 bits per heavy atom. The molecule has 0 unspecified atom stereocenters. The highest BCUT2D eigenvalue weighted by atomic mass is 16.2. The van der Waals surface area contributed by atoms with Crippen LogP contribution in [0.15, 0.2) is 55.1 Å². The van der Waals surface area contributed by atoms with Gasteiger partial charge in [-0.05, 0) is 37.1 Å². The van der Waals surface area contributed by atoms with Crippen molar-refractivity contribution in [3.8, 4) is 5.82 Å². The Balaban J connectivity index is 1.37. The van der Waals surface area contributed by atoms with Crippen LogP contribution in [0.4, 0.5) is 11.4 Å². The van der Waals surface area contributed by atoms with E-state index >= 15 is 0 Å². The first kappa shape index (κ1) is 21.5. The van der Waals surface area contributed by atoms with Gasteiger partial charge in [0.2, 0.25) is 5.91 Å². The average Bonchev–Trinajstić information content (AvgIpc) is 3.30. The number of hydrogen-bond acceptors (Lipinski definition) is 5. The fourth-order valence-electron chi connectivity index (χ4n) is 3.85. The molecule has 32 heavy (non-hydrogen) atoms. The predicted octanol–water partition coefficient (Wildman–Crippen LogP) is 3.28. The van der Waals surface area contributed by atoms with Gasteiger partial charge in [-0.15, -0.1) is 0 Å². The van der Waals surface area contributed by atoms with E-state index in [1.807, 2.05) is 24.0 Å². The normalized spacial score (nSPS) is 13.8. The zero-order valence-electron chi connectivity index (χ0n) is 18.5. The zero-order valence-corrected chi connectivity index (χ0v) is 18.5. The zero-order chi connectivity index (χ0) is 22.5. The van der Waals surface area contributed by atoms with E-state index in [0.717, 1.165) is 19.5 Å². The molecule has 0 radical (unpaired) electrons. The molecule has 1 aliphatic rings. The number of hydrogen-bond donors (Lipinski definition) is 1. The van der Waals surface area contributed by atoms with Crippen molar-refractivity contribution in [1.82, 2.24) is 19.4 Å². The van der Waals surface area contributed by atoms with Crippen molar-refractivity contribution in [2.75, 3.05) is 36.4 Å². The molecule has 166 valence electrons. The lowest BCUT2D eigenvalue weighted by Crippen LogP contribution is -2.49. The summed E-state index contributed by atoms with van der Waals surface area (Å²) in [6, 6.07) is 11.9. The van der Waals surface area contributed by atoms with Crippen molar-refractivity contribution in [3.63, 3.8) is 0 Å². The largest absolute Gasteiger partial charge is 0.368 e. The molecule has 1 aromatic carbocycles. The van der Waals surface area contributed by atoms with Gasteiger partial charge in [0.05, 0.1) is 11.9 Å². The van der Waals surface area contributed by atoms with Crippen molar-refractivity contribution in [2.45, 2.75) is 26.7 Å². The van der Waals surface area contributed by atoms with Crippen molar-refractivity contribution in [1.29, 1.82) is 0 Å². The number of rotatable bonds is 6. The van der Waals surface area contributed by atoms with Crippen LogP contribution in [-0.2, 0) is 4.79 Å². The summed E-state index contributed by atoms with van der Waals surface area (Å²) in [5, 5.41) is 2.82. The number of nitrogens with zero attached hydrogens (tertiary/aromatic N) is 5. The summed E-state index contributed by atoms with van der Waals surface area (Å²) in [5.74, 6) is 0.533. The summed E-state index contributed by atoms with van der Waals surface area (Å²) in [5.41, 5.74) is 3.52. The number of benzene rings is 1. The first-order valence-corrected chi connectivity index (χ1v) is 11.0. The van der Waals surface area contributed by atoms with Gasteiger partial charge in [0.15, 0.2) is 0 Å². The van der Waals surface area contributed by atoms with Crippen LogP contribution < -0.4 is 10.2 Å². The van der Waals surface area contributed by atoms with Crippen LogP contribution in [0.3, 0.4) is 0 Å². The molecule has 0 spiro atoms. The predicted molar refractivity (Wildman–Crippen MR) is 124 cm³/mol. The number of pyridine rings is 1. The maximum atomic E-state index is 13.0. The first-order chi connectivity index (χ1) is 15.5. The smallest absolute Gasteiger partial charge is 0.274 e. The molecular weight excluding hydrogens is 404 g/mol. The van der Waals surface area contributed by atoms with Crippen LogP contribution in [0.5, 0.6) is 0 Å². The lowest BCUT2D eigenvalue weighted by atomic mass is 10.1. The highest BCUT2D eigenvalue weighted by Gasteiger charge is 2.24. The molecule has 2 amide bonds. The molecular formula is C24H28N6O2. The minimum atomic E-state index is -0.0726. The van der Waals surface area contributed by atoms with E-state index in [1.165, 1.54) is 11.3 Å². The van der Waals surface area contributed by atoms with Gasteiger partial charge in [0, 0.05) is 44.5 Å². The van der Waals surface area contributed by atoms with Crippen molar-refractivity contribution in [3.05, 3.63) is 66.4 Å². The van der Waals surface area contributed by atoms with Gasteiger partial charge in [-0.2, -0.15) is 0 Å². The van der Waals surface area contributed by atoms with E-state index < -0.39 is 0 Å². The van der Waals surface area contributed by atoms with E-state index in [2.05, 4.69) is 39.2 Å². The molecule has 8 nitrogen and oxygen atoms in total. The molecule has 3 aromatic rings. The molecule has 1 fully saturated rings. The summed E-state index contributed by atoms with van der Waals surface area (Å²) in [7, 11) is 0. The average molecular weight is 433 g/mol. The number of amides is 2. The molecule has 3 heterocycles. The SMILES string of the molecule is CCCC(=O)Nc1ccc(-n2cnc(C(=O)N3CCN(c4ccccc4C)CC3)c2)nc1. The van der Waals surface area contributed by atoms with E-state index in [-0.39, 0.29) is 11.8 Å². The molecule has 0 saturated carbocycles. The van der Waals surface area contributed by atoms with Crippen LogP contribution >= 0.6 is 0 Å². The Kier molecular flexibility index (Phi) is 6.49. The van der Waals surface area contributed by atoms with E-state index in [4.69, 9.17) is 0 Å². The van der Waals surface area contributed by atoms with Gasteiger partial charge in [-0.25, -0.2) is 9.97 Å². The minimum absolute atomic E-state index is 0.0277. The number of nitrogens with one attached hydrogen (secondary N) is 1. The second-order valence-electron chi connectivity index (χ2n) is 7.94. The molecule has 0 atom stereocenters. The molecule has 1 saturated heterocycles. The topological polar surface area (TPSA) is 83.4 Å². The van der Waals surface area contributed by atoms with Crippen LogP contribution in [0.2, 0.25) is 0 Å². The van der Waals surface area contributed by atoms with Crippen LogP contribution in [0, 0.1) is 6.92 Å². The first-order valence-electron chi connectivity index (χ1n) is 11.0. The molecule has 0 aliphatic carbocycles. The highest BCUT2D eigenvalue weighted by molar-refractivity contribution is 5.92. The summed E-state index contributed by atoms with van der Waals surface area (Å²) >= 11 is 0. The minimum Gasteiger partial charge on any atom is -0.368 e. The van der Waals surface area contributed by atoms with E-state index in [9.17, 15) is 9.59 Å². The van der Waals surface area contributed by atoms with Gasteiger partial charge in [0.1, 0.15) is 17.8 Å². The Labute approximate surface area is 187 Å². The third kappa shape index (κ3) is 4.80. The van der Waals surface area contributed by atoms with Crippen LogP contribution in [0.25, 0.3) is 5.82 Å². The van der Waals surface area contributed by atoms with Gasteiger partial charge >= 0.3 is 0 Å². The maximum absolute atomic E-state index is 13.0. The third-order valence-corrected chi connectivity index (χ3v) is 5.60. The molecule has 8 heteroatoms. The number of para-hydroxylation sites is 1. The number of aryl methyl sites for hydroxylation is 1. The van der Waals surface area contributed by atoms with Crippen LogP contribution in [-0.4, -0.2) is 57.4 Å². The summed E-state index contributed by atoms with van der Waals surface area (Å²) in [6.07, 6.45) is 6.18. The Bertz CT molecular complexity index is 1080. The monoisotopic (exact) mass is 432 g/mol. The lowest BCUT2D eigenvalue weighted by Gasteiger charge is -2.36. The molecule has 4 rings (SSSR count). The van der Waals surface area contributed by atoms with Gasteiger partial charge in [0.25, 0.3) is 5.91 Å². The summed E-state index contributed by atoms with van der Waals surface area (Å²) in [6.45, 7) is 6.98. The van der Waals surface area contributed by atoms with Crippen LogP contribution in [0.1, 0.15) is 35.8 Å². The summed E-state index contributed by atoms with van der Waals surface area (Å²) in [4.78, 5) is 37.5. The molecule has 1 aliphatic heterocycles. The van der Waals surface area contributed by atoms with Crippen molar-refractivity contribution < 1.29 is 9.59 Å². The molecule has 1 N–H and O–H groups in total. The molecule has 0 bridgehead atoms. The number of anilines is 2. The lowest BCUT2D eigenvalue weighted by molar-refractivity contribution is -0.116. The Morgan fingerprint density at radius 3 is 2.50 bits per heavy atom. The van der Waals surface area contributed by atoms with Crippen molar-refractivity contribution in [2.24, 2.45) is 0 Å². The standard InChI is InChI=1S/C24H28N6O2/c1-3-6-23(31)27-19-9-10-22(25-15-19)30-16-20(26-17-30)24(32)29-13-11-28(12-14-29)21-8-5-4-7-18(21)2/h4-5,7-10,15-17H,3,6,11-14H2,1-2H3,(H,27,31). The van der Waals surface area contributed by atoms with Crippen molar-refractivity contribution >= 4 is 23.2 Å². The number of aromatic nitrogens is 3. The second-order valence-corrected chi connectivity index (χ2v) is 7.94. The Hall–Kier alpha value is -3.68. The number of piperazine rings is 1. The second kappa shape index (κ2) is 9.64.